The molecule has 1 N–H and O–H groups in total. The molecule has 0 bridgehead atoms. The topological polar surface area (TPSA) is 56.4 Å². The lowest BCUT2D eigenvalue weighted by atomic mass is 10.0. The molecule has 0 saturated carbocycles. The van der Waals surface area contributed by atoms with Crippen molar-refractivity contribution in [3.8, 4) is 0 Å². The number of rotatable bonds is 3. The van der Waals surface area contributed by atoms with Crippen molar-refractivity contribution in [2.45, 2.75) is 19.4 Å². The Balaban J connectivity index is 1.99. The Kier molecular flexibility index (Phi) is 4.41. The Morgan fingerprint density at radius 1 is 1.33 bits per heavy atom. The van der Waals surface area contributed by atoms with Crippen LogP contribution in [0.1, 0.15) is 23.7 Å². The van der Waals surface area contributed by atoms with Crippen LogP contribution < -0.4 is 5.56 Å². The monoisotopic (exact) mass is 331 g/mol. The summed E-state index contributed by atoms with van der Waals surface area (Å²) < 4.78 is 13.4. The van der Waals surface area contributed by atoms with Crippen molar-refractivity contribution < 1.29 is 9.18 Å². The Hall–Kier alpha value is -2.21. The Morgan fingerprint density at radius 2 is 2.08 bits per heavy atom. The van der Waals surface area contributed by atoms with Crippen molar-refractivity contribution in [1.29, 1.82) is 0 Å². The molecule has 1 saturated heterocycles. The van der Waals surface area contributed by atoms with E-state index in [2.05, 4.69) is 16.8 Å². The highest BCUT2D eigenvalue weighted by Crippen LogP contribution is 2.26. The number of nitrogens with zero attached hydrogens (tertiary/aromatic N) is 2. The predicted octanol–water partition coefficient (Wildman–Crippen LogP) is 2.08. The van der Waals surface area contributed by atoms with Gasteiger partial charge in [0.1, 0.15) is 5.82 Å². The third-order valence-corrected chi connectivity index (χ3v) is 4.92. The highest BCUT2D eigenvalue weighted by atomic mass is 19.1. The van der Waals surface area contributed by atoms with Crippen LogP contribution in [-0.4, -0.2) is 53.9 Å². The number of pyridine rings is 1. The number of hydrogen-bond acceptors (Lipinski definition) is 3. The minimum Gasteiger partial charge on any atom is -0.337 e. The van der Waals surface area contributed by atoms with Gasteiger partial charge in [-0.1, -0.05) is 13.3 Å². The molecule has 2 atom stereocenters. The van der Waals surface area contributed by atoms with Crippen LogP contribution in [0.15, 0.2) is 29.1 Å². The van der Waals surface area contributed by atoms with E-state index in [9.17, 15) is 14.0 Å². The van der Waals surface area contributed by atoms with Gasteiger partial charge in [0.2, 0.25) is 5.56 Å². The van der Waals surface area contributed by atoms with E-state index in [4.69, 9.17) is 0 Å². The fourth-order valence-corrected chi connectivity index (χ4v) is 3.59. The molecule has 24 heavy (non-hydrogen) atoms. The standard InChI is InChI=1S/C18H22FN3O2/c1-4-11-9-22(10-16(11)21(2)3)18(24)14-8-17(23)20-15-7-12(19)5-6-13(14)15/h5-8,11,16H,4,9-10H2,1-3H3,(H,20,23). The molecule has 128 valence electrons. The van der Waals surface area contributed by atoms with Gasteiger partial charge in [-0.2, -0.15) is 0 Å². The first-order valence-electron chi connectivity index (χ1n) is 8.19. The van der Waals surface area contributed by atoms with Gasteiger partial charge >= 0.3 is 0 Å². The van der Waals surface area contributed by atoms with Crippen LogP contribution in [0.5, 0.6) is 0 Å². The third-order valence-electron chi connectivity index (χ3n) is 4.92. The highest BCUT2D eigenvalue weighted by molar-refractivity contribution is 6.06. The maximum Gasteiger partial charge on any atom is 0.254 e. The summed E-state index contributed by atoms with van der Waals surface area (Å²) in [5.74, 6) is -0.196. The summed E-state index contributed by atoms with van der Waals surface area (Å²) in [7, 11) is 4.04. The number of fused-ring (bicyclic) bond motifs is 1. The maximum absolute atomic E-state index is 13.4. The predicted molar refractivity (Wildman–Crippen MR) is 91.7 cm³/mol. The summed E-state index contributed by atoms with van der Waals surface area (Å²) in [5, 5.41) is 0.572. The van der Waals surface area contributed by atoms with E-state index in [1.54, 1.807) is 11.0 Å². The zero-order valence-corrected chi connectivity index (χ0v) is 14.2. The lowest BCUT2D eigenvalue weighted by Crippen LogP contribution is -2.36. The van der Waals surface area contributed by atoms with E-state index in [1.165, 1.54) is 18.2 Å². The number of carbonyl (C=O) groups is 1. The summed E-state index contributed by atoms with van der Waals surface area (Å²) in [6.45, 7) is 3.44. The second kappa shape index (κ2) is 6.36. The zero-order chi connectivity index (χ0) is 17.4. The Morgan fingerprint density at radius 3 is 2.71 bits per heavy atom. The SMILES string of the molecule is CCC1CN(C(=O)c2cc(=O)[nH]c3cc(F)ccc23)CC1N(C)C. The third kappa shape index (κ3) is 2.94. The number of carbonyl (C=O) groups excluding carboxylic acids is 1. The van der Waals surface area contributed by atoms with E-state index >= 15 is 0 Å². The van der Waals surface area contributed by atoms with Crippen LogP contribution in [0.25, 0.3) is 10.9 Å². The fourth-order valence-electron chi connectivity index (χ4n) is 3.59. The first kappa shape index (κ1) is 16.6. The number of benzene rings is 1. The molecule has 1 aliphatic rings. The van der Waals surface area contributed by atoms with Gasteiger partial charge in [-0.3, -0.25) is 9.59 Å². The number of halogens is 1. The van der Waals surface area contributed by atoms with Crippen LogP contribution >= 0.6 is 0 Å². The van der Waals surface area contributed by atoms with E-state index in [0.717, 1.165) is 6.42 Å². The molecule has 1 aromatic carbocycles. The average Bonchev–Trinajstić information content (AvgIpc) is 2.97. The van der Waals surface area contributed by atoms with Crippen LogP contribution in [-0.2, 0) is 0 Å². The fraction of sp³-hybridized carbons (Fsp3) is 0.444. The van der Waals surface area contributed by atoms with Crippen molar-refractivity contribution in [2.75, 3.05) is 27.2 Å². The molecule has 1 fully saturated rings. The first-order chi connectivity index (χ1) is 11.4. The number of hydrogen-bond donors (Lipinski definition) is 1. The van der Waals surface area contributed by atoms with E-state index in [-0.39, 0.29) is 5.91 Å². The van der Waals surface area contributed by atoms with E-state index in [0.29, 0.717) is 41.5 Å². The summed E-state index contributed by atoms with van der Waals surface area (Å²) in [6, 6.07) is 5.72. The van der Waals surface area contributed by atoms with Gasteiger partial charge in [0.05, 0.1) is 11.1 Å². The molecule has 2 aromatic rings. The molecule has 1 aliphatic heterocycles. The molecular formula is C18H22FN3O2. The molecule has 5 nitrogen and oxygen atoms in total. The summed E-state index contributed by atoms with van der Waals surface area (Å²) in [4.78, 5) is 31.4. The number of aromatic nitrogens is 1. The molecule has 2 unspecified atom stereocenters. The first-order valence-corrected chi connectivity index (χ1v) is 8.19. The van der Waals surface area contributed by atoms with Gasteiger partial charge < -0.3 is 14.8 Å². The lowest BCUT2D eigenvalue weighted by Gasteiger charge is -2.23. The zero-order valence-electron chi connectivity index (χ0n) is 14.2. The van der Waals surface area contributed by atoms with Crippen molar-refractivity contribution in [3.05, 3.63) is 46.0 Å². The van der Waals surface area contributed by atoms with Crippen LogP contribution in [0.3, 0.4) is 0 Å². The van der Waals surface area contributed by atoms with Gasteiger partial charge in [-0.05, 0) is 38.2 Å². The molecule has 0 radical (unpaired) electrons. The van der Waals surface area contributed by atoms with Gasteiger partial charge in [0, 0.05) is 30.6 Å². The normalized spacial score (nSPS) is 21.0. The quantitative estimate of drug-likeness (QED) is 0.937. The van der Waals surface area contributed by atoms with Crippen LogP contribution in [0, 0.1) is 11.7 Å². The van der Waals surface area contributed by atoms with Crippen LogP contribution in [0.2, 0.25) is 0 Å². The van der Waals surface area contributed by atoms with E-state index in [1.807, 2.05) is 14.1 Å². The van der Waals surface area contributed by atoms with Crippen LogP contribution in [0.4, 0.5) is 4.39 Å². The molecule has 3 rings (SSSR count). The van der Waals surface area contributed by atoms with Crippen molar-refractivity contribution in [3.63, 3.8) is 0 Å². The van der Waals surface area contributed by atoms with E-state index < -0.39 is 11.4 Å². The van der Waals surface area contributed by atoms with Crippen molar-refractivity contribution in [1.82, 2.24) is 14.8 Å². The Labute approximate surface area is 140 Å². The Bertz CT molecular complexity index is 831. The molecule has 0 aliphatic carbocycles. The smallest absolute Gasteiger partial charge is 0.254 e. The number of amides is 1. The largest absolute Gasteiger partial charge is 0.337 e. The van der Waals surface area contributed by atoms with Gasteiger partial charge in [-0.15, -0.1) is 0 Å². The summed E-state index contributed by atoms with van der Waals surface area (Å²) >= 11 is 0. The molecule has 2 heterocycles. The minimum absolute atomic E-state index is 0.166. The van der Waals surface area contributed by atoms with Gasteiger partial charge in [0.25, 0.3) is 5.91 Å². The lowest BCUT2D eigenvalue weighted by molar-refractivity contribution is 0.0782. The van der Waals surface area contributed by atoms with Gasteiger partial charge in [0.15, 0.2) is 0 Å². The number of aromatic amines is 1. The summed E-state index contributed by atoms with van der Waals surface area (Å²) in [6.07, 6.45) is 0.994. The second-order valence-electron chi connectivity index (χ2n) is 6.65. The number of H-pyrrole nitrogens is 1. The number of likely N-dealkylation sites (N-methyl/N-ethyl adjacent to an activating group) is 1. The minimum atomic E-state index is -0.442. The molecule has 6 heteroatoms. The maximum atomic E-state index is 13.4. The van der Waals surface area contributed by atoms with Crippen molar-refractivity contribution in [2.24, 2.45) is 5.92 Å². The highest BCUT2D eigenvalue weighted by Gasteiger charge is 2.36. The number of likely N-dealkylation sites (tertiary alicyclic amines) is 1. The molecule has 0 spiro atoms. The molecule has 1 amide bonds. The molecule has 1 aromatic heterocycles. The van der Waals surface area contributed by atoms with Crippen molar-refractivity contribution >= 4 is 16.8 Å². The average molecular weight is 331 g/mol. The second-order valence-corrected chi connectivity index (χ2v) is 6.65. The summed E-state index contributed by atoms with van der Waals surface area (Å²) in [5.41, 5.74) is 0.288. The number of nitrogens with one attached hydrogen (secondary N) is 1. The van der Waals surface area contributed by atoms with Gasteiger partial charge in [-0.25, -0.2) is 4.39 Å². The molecular weight excluding hydrogens is 309 g/mol.